The third-order valence-electron chi connectivity index (χ3n) is 3.84. The van der Waals surface area contributed by atoms with Gasteiger partial charge in [-0.25, -0.2) is 0 Å². The number of carbonyl (C=O) groups excluding carboxylic acids is 1. The van der Waals surface area contributed by atoms with Crippen LogP contribution in [0.1, 0.15) is 0 Å². The van der Waals surface area contributed by atoms with E-state index in [2.05, 4.69) is 20.0 Å². The molecule has 1 fully saturated rings. The Balaban J connectivity index is 1.80. The summed E-state index contributed by atoms with van der Waals surface area (Å²) in [7, 11) is 0. The van der Waals surface area contributed by atoms with E-state index in [1.165, 1.54) is 17.2 Å². The van der Waals surface area contributed by atoms with Crippen LogP contribution in [-0.2, 0) is 4.74 Å². The molecule has 1 atom stereocenters. The number of amides is 1. The molecule has 6 nitrogen and oxygen atoms in total. The molecule has 0 radical (unpaired) electrons. The van der Waals surface area contributed by atoms with E-state index < -0.39 is 24.5 Å². The first kappa shape index (κ1) is 17.1. The first-order chi connectivity index (χ1) is 11.4. The number of rotatable bonds is 5. The van der Waals surface area contributed by atoms with Gasteiger partial charge in [0, 0.05) is 0 Å². The van der Waals surface area contributed by atoms with E-state index in [0.29, 0.717) is 11.6 Å². The Bertz CT molecular complexity index is 730. The van der Waals surface area contributed by atoms with Crippen LogP contribution < -0.4 is 13.2 Å². The molecule has 1 aliphatic rings. The molecule has 0 saturated carbocycles. The van der Waals surface area contributed by atoms with Crippen molar-refractivity contribution in [2.45, 2.75) is 20.9 Å². The summed E-state index contributed by atoms with van der Waals surface area (Å²) in [6.45, 7) is 0.360. The summed E-state index contributed by atoms with van der Waals surface area (Å²) in [6, 6.07) is 6.20. The number of carbonyl (C=O) groups is 1. The molecule has 0 spiro atoms. The Labute approximate surface area is 143 Å². The van der Waals surface area contributed by atoms with Crippen molar-refractivity contribution in [3.8, 4) is 5.88 Å². The van der Waals surface area contributed by atoms with Gasteiger partial charge in [0.05, 0.1) is 0 Å². The SMILES string of the molecule is [CH3][Sn]([CH3])([CH3])[c]1ccc(N2C(=O)OC[C@H]2COc2ccon2)cc1F. The maximum atomic E-state index is 14.5. The fourth-order valence-electron chi connectivity index (χ4n) is 2.62. The van der Waals surface area contributed by atoms with E-state index >= 15 is 0 Å². The fourth-order valence-corrected chi connectivity index (χ4v) is 6.53. The standard InChI is InChI=1S/C13H10FN2O4.3CH3.Sn/c14-9-2-1-3-10(6-9)16-11(8-19-13(16)17)7-18-12-4-5-20-15-12;;;;/h1,3-6,11H,7-8H2;3*1H3;/t11-;;;;/m1..../s1. The maximum absolute atomic E-state index is 14.5. The van der Waals surface area contributed by atoms with E-state index in [4.69, 9.17) is 14.0 Å². The van der Waals surface area contributed by atoms with Gasteiger partial charge in [-0.3, -0.25) is 0 Å². The topological polar surface area (TPSA) is 64.8 Å². The van der Waals surface area contributed by atoms with Crippen molar-refractivity contribution in [3.63, 3.8) is 0 Å². The number of ether oxygens (including phenoxy) is 2. The number of anilines is 1. The van der Waals surface area contributed by atoms with Gasteiger partial charge in [0.25, 0.3) is 0 Å². The molecule has 1 aromatic heterocycles. The molecule has 2 heterocycles. The molecule has 2 aromatic rings. The van der Waals surface area contributed by atoms with Gasteiger partial charge in [0.1, 0.15) is 0 Å². The zero-order valence-electron chi connectivity index (χ0n) is 13.8. The molecular formula is C16H19FN2O4Sn. The van der Waals surface area contributed by atoms with Crippen LogP contribution in [-0.4, -0.2) is 48.9 Å². The van der Waals surface area contributed by atoms with Crippen molar-refractivity contribution in [3.05, 3.63) is 36.3 Å². The van der Waals surface area contributed by atoms with E-state index in [9.17, 15) is 9.18 Å². The Morgan fingerprint density at radius 2 is 2.17 bits per heavy atom. The summed E-state index contributed by atoms with van der Waals surface area (Å²) in [4.78, 5) is 19.9. The number of nitrogens with zero attached hydrogens (tertiary/aromatic N) is 2. The summed E-state index contributed by atoms with van der Waals surface area (Å²) in [5.41, 5.74) is 0.475. The average molecular weight is 441 g/mol. The summed E-state index contributed by atoms with van der Waals surface area (Å²) in [5.74, 6) is 0.0734. The Morgan fingerprint density at radius 3 is 2.79 bits per heavy atom. The van der Waals surface area contributed by atoms with Crippen molar-refractivity contribution in [2.75, 3.05) is 18.1 Å². The van der Waals surface area contributed by atoms with Crippen molar-refractivity contribution in [1.29, 1.82) is 0 Å². The fraction of sp³-hybridized carbons (Fsp3) is 0.375. The molecule has 128 valence electrons. The number of cyclic esters (lactones) is 1. The van der Waals surface area contributed by atoms with Gasteiger partial charge in [-0.05, 0) is 0 Å². The second-order valence-corrected chi connectivity index (χ2v) is 21.0. The van der Waals surface area contributed by atoms with Gasteiger partial charge in [-0.15, -0.1) is 0 Å². The van der Waals surface area contributed by atoms with Crippen LogP contribution in [0.25, 0.3) is 0 Å². The van der Waals surface area contributed by atoms with Gasteiger partial charge in [0.15, 0.2) is 0 Å². The number of benzene rings is 1. The second-order valence-electron chi connectivity index (χ2n) is 6.66. The Kier molecular flexibility index (Phi) is 4.71. The number of hydrogen-bond acceptors (Lipinski definition) is 5. The van der Waals surface area contributed by atoms with E-state index in [0.717, 1.165) is 3.58 Å². The summed E-state index contributed by atoms with van der Waals surface area (Å²) >= 11 is -2.53. The molecule has 8 heteroatoms. The molecule has 0 N–H and O–H groups in total. The number of hydrogen-bond donors (Lipinski definition) is 0. The molecule has 0 bridgehead atoms. The summed E-state index contributed by atoms with van der Waals surface area (Å²) < 4.78 is 30.5. The van der Waals surface area contributed by atoms with Crippen LogP contribution in [0.3, 0.4) is 0 Å². The predicted octanol–water partition coefficient (Wildman–Crippen LogP) is 2.76. The summed E-state index contributed by atoms with van der Waals surface area (Å²) in [6.07, 6.45) is 0.894. The quantitative estimate of drug-likeness (QED) is 0.669. The average Bonchev–Trinajstić information content (AvgIpc) is 3.13. The molecule has 24 heavy (non-hydrogen) atoms. The normalized spacial score (nSPS) is 17.9. The van der Waals surface area contributed by atoms with Gasteiger partial charge in [-0.2, -0.15) is 0 Å². The zero-order chi connectivity index (χ0) is 17.3. The monoisotopic (exact) mass is 442 g/mol. The van der Waals surface area contributed by atoms with Gasteiger partial charge in [-0.1, -0.05) is 0 Å². The van der Waals surface area contributed by atoms with Gasteiger partial charge < -0.3 is 0 Å². The minimum atomic E-state index is -2.53. The third-order valence-corrected chi connectivity index (χ3v) is 9.61. The van der Waals surface area contributed by atoms with Crippen LogP contribution >= 0.6 is 0 Å². The van der Waals surface area contributed by atoms with Crippen LogP contribution in [0.4, 0.5) is 14.9 Å². The number of halogens is 1. The minimum absolute atomic E-state index is 0.179. The number of aromatic nitrogens is 1. The van der Waals surface area contributed by atoms with Crippen LogP contribution in [0, 0.1) is 5.82 Å². The zero-order valence-corrected chi connectivity index (χ0v) is 16.6. The van der Waals surface area contributed by atoms with Crippen molar-refractivity contribution >= 4 is 33.7 Å². The Hall–Kier alpha value is -1.77. The molecule has 1 aromatic carbocycles. The van der Waals surface area contributed by atoms with Crippen LogP contribution in [0.15, 0.2) is 35.1 Å². The van der Waals surface area contributed by atoms with Crippen molar-refractivity contribution in [1.82, 2.24) is 5.16 Å². The van der Waals surface area contributed by atoms with Crippen LogP contribution in [0.2, 0.25) is 14.8 Å². The predicted molar refractivity (Wildman–Crippen MR) is 89.0 cm³/mol. The van der Waals surface area contributed by atoms with E-state index in [1.807, 2.05) is 0 Å². The van der Waals surface area contributed by atoms with Crippen molar-refractivity contribution in [2.24, 2.45) is 0 Å². The Morgan fingerprint density at radius 1 is 1.38 bits per heavy atom. The molecule has 1 aliphatic heterocycles. The molecule has 0 aliphatic carbocycles. The first-order valence-electron chi connectivity index (χ1n) is 7.65. The first-order valence-corrected chi connectivity index (χ1v) is 17.6. The molecule has 1 amide bonds. The molecule has 3 rings (SSSR count). The van der Waals surface area contributed by atoms with E-state index in [1.54, 1.807) is 18.2 Å². The van der Waals surface area contributed by atoms with Crippen LogP contribution in [0.5, 0.6) is 5.88 Å². The molecular weight excluding hydrogens is 422 g/mol. The summed E-state index contributed by atoms with van der Waals surface area (Å²) in [5, 5.41) is 3.65. The van der Waals surface area contributed by atoms with E-state index in [-0.39, 0.29) is 25.1 Å². The van der Waals surface area contributed by atoms with Crippen molar-refractivity contribution < 1.29 is 23.2 Å². The third kappa shape index (κ3) is 3.50. The second kappa shape index (κ2) is 6.62. The van der Waals surface area contributed by atoms with Gasteiger partial charge in [0.2, 0.25) is 0 Å². The van der Waals surface area contributed by atoms with Gasteiger partial charge >= 0.3 is 143 Å². The molecule has 0 unspecified atom stereocenters. The molecule has 1 saturated heterocycles.